The van der Waals surface area contributed by atoms with Crippen LogP contribution in [0.4, 0.5) is 0 Å². The molecule has 0 radical (unpaired) electrons. The topological polar surface area (TPSA) is 72.5 Å². The Bertz CT molecular complexity index is 407. The van der Waals surface area contributed by atoms with Gasteiger partial charge in [-0.05, 0) is 31.0 Å². The first kappa shape index (κ1) is 13.8. The fraction of sp³-hybridized carbons (Fsp3) is 0.417. The van der Waals surface area contributed by atoms with Gasteiger partial charge in [0.2, 0.25) is 0 Å². The Balaban J connectivity index is 2.89. The SMILES string of the molecule is CCC(Oc1ccc([C@H](C)N)cc1Cl)C(=O)O. The van der Waals surface area contributed by atoms with E-state index in [0.717, 1.165) is 5.56 Å². The van der Waals surface area contributed by atoms with E-state index < -0.39 is 12.1 Å². The highest BCUT2D eigenvalue weighted by molar-refractivity contribution is 6.32. The summed E-state index contributed by atoms with van der Waals surface area (Å²) in [7, 11) is 0. The second-order valence-corrected chi connectivity index (χ2v) is 4.24. The second kappa shape index (κ2) is 5.89. The number of ether oxygens (including phenoxy) is 1. The van der Waals surface area contributed by atoms with Crippen molar-refractivity contribution in [3.8, 4) is 5.75 Å². The Hall–Kier alpha value is -1.26. The molecule has 0 heterocycles. The summed E-state index contributed by atoms with van der Waals surface area (Å²) in [6.45, 7) is 3.58. The van der Waals surface area contributed by atoms with Gasteiger partial charge in [-0.25, -0.2) is 4.79 Å². The number of rotatable bonds is 5. The molecule has 0 amide bonds. The Morgan fingerprint density at radius 2 is 2.24 bits per heavy atom. The predicted molar refractivity (Wildman–Crippen MR) is 66.4 cm³/mol. The van der Waals surface area contributed by atoms with Crippen LogP contribution in [-0.2, 0) is 4.79 Å². The number of halogens is 1. The van der Waals surface area contributed by atoms with Crippen LogP contribution in [0.3, 0.4) is 0 Å². The first-order chi connectivity index (χ1) is 7.95. The molecule has 3 N–H and O–H groups in total. The maximum absolute atomic E-state index is 10.8. The third-order valence-corrected chi connectivity index (χ3v) is 2.69. The Morgan fingerprint density at radius 1 is 1.59 bits per heavy atom. The van der Waals surface area contributed by atoms with Crippen LogP contribution < -0.4 is 10.5 Å². The number of aliphatic carboxylic acids is 1. The molecule has 0 bridgehead atoms. The summed E-state index contributed by atoms with van der Waals surface area (Å²) in [6.07, 6.45) is -0.505. The largest absolute Gasteiger partial charge is 0.479 e. The van der Waals surface area contributed by atoms with E-state index in [1.54, 1.807) is 25.1 Å². The lowest BCUT2D eigenvalue weighted by molar-refractivity contribution is -0.145. The predicted octanol–water partition coefficient (Wildman–Crippen LogP) is 2.60. The van der Waals surface area contributed by atoms with Gasteiger partial charge in [-0.3, -0.25) is 0 Å². The van der Waals surface area contributed by atoms with E-state index >= 15 is 0 Å². The number of hydrogen-bond donors (Lipinski definition) is 2. The lowest BCUT2D eigenvalue weighted by Gasteiger charge is -2.15. The van der Waals surface area contributed by atoms with E-state index in [2.05, 4.69) is 0 Å². The van der Waals surface area contributed by atoms with Gasteiger partial charge in [0.25, 0.3) is 0 Å². The monoisotopic (exact) mass is 257 g/mol. The summed E-state index contributed by atoms with van der Waals surface area (Å²) in [6, 6.07) is 4.99. The number of carboxylic acid groups (broad SMARTS) is 1. The molecule has 1 aromatic rings. The highest BCUT2D eigenvalue weighted by Gasteiger charge is 2.18. The molecule has 5 heteroatoms. The molecule has 0 fully saturated rings. The molecule has 17 heavy (non-hydrogen) atoms. The van der Waals surface area contributed by atoms with E-state index in [1.165, 1.54) is 0 Å². The minimum atomic E-state index is -1.00. The van der Waals surface area contributed by atoms with Crippen molar-refractivity contribution in [3.05, 3.63) is 28.8 Å². The van der Waals surface area contributed by atoms with Crippen LogP contribution in [0.15, 0.2) is 18.2 Å². The van der Waals surface area contributed by atoms with Crippen LogP contribution in [0.25, 0.3) is 0 Å². The zero-order valence-corrected chi connectivity index (χ0v) is 10.6. The molecule has 1 unspecified atom stereocenters. The standard InChI is InChI=1S/C12H16ClNO3/c1-3-10(12(15)16)17-11-5-4-8(7(2)14)6-9(11)13/h4-7,10H,3,14H2,1-2H3,(H,15,16)/t7-,10?/m0/s1. The van der Waals surface area contributed by atoms with Crippen molar-refractivity contribution >= 4 is 17.6 Å². The van der Waals surface area contributed by atoms with Gasteiger partial charge in [-0.1, -0.05) is 24.6 Å². The smallest absolute Gasteiger partial charge is 0.344 e. The van der Waals surface area contributed by atoms with Crippen molar-refractivity contribution in [3.63, 3.8) is 0 Å². The fourth-order valence-corrected chi connectivity index (χ4v) is 1.59. The molecule has 0 saturated carbocycles. The van der Waals surface area contributed by atoms with Gasteiger partial charge in [0.05, 0.1) is 5.02 Å². The Morgan fingerprint density at radius 3 is 2.65 bits per heavy atom. The number of carbonyl (C=O) groups is 1. The minimum Gasteiger partial charge on any atom is -0.479 e. The van der Waals surface area contributed by atoms with E-state index in [1.807, 2.05) is 6.92 Å². The van der Waals surface area contributed by atoms with Crippen molar-refractivity contribution in [2.75, 3.05) is 0 Å². The van der Waals surface area contributed by atoms with Crippen molar-refractivity contribution in [1.29, 1.82) is 0 Å². The van der Waals surface area contributed by atoms with Crippen LogP contribution in [0, 0.1) is 0 Å². The van der Waals surface area contributed by atoms with E-state index in [9.17, 15) is 4.79 Å². The van der Waals surface area contributed by atoms with Crippen molar-refractivity contribution in [2.45, 2.75) is 32.4 Å². The van der Waals surface area contributed by atoms with Gasteiger partial charge in [0.15, 0.2) is 6.10 Å². The van der Waals surface area contributed by atoms with Gasteiger partial charge in [0, 0.05) is 6.04 Å². The highest BCUT2D eigenvalue weighted by Crippen LogP contribution is 2.28. The summed E-state index contributed by atoms with van der Waals surface area (Å²) < 4.78 is 5.32. The average Bonchev–Trinajstić information content (AvgIpc) is 2.26. The van der Waals surface area contributed by atoms with Crippen LogP contribution >= 0.6 is 11.6 Å². The zero-order valence-electron chi connectivity index (χ0n) is 9.81. The number of nitrogens with two attached hydrogens (primary N) is 1. The quantitative estimate of drug-likeness (QED) is 0.850. The molecule has 94 valence electrons. The van der Waals surface area contributed by atoms with Crippen molar-refractivity contribution in [2.24, 2.45) is 5.73 Å². The molecule has 0 aliphatic rings. The molecular formula is C12H16ClNO3. The molecule has 0 spiro atoms. The number of benzene rings is 1. The van der Waals surface area contributed by atoms with Gasteiger partial charge in [-0.2, -0.15) is 0 Å². The van der Waals surface area contributed by atoms with Gasteiger partial charge < -0.3 is 15.6 Å². The van der Waals surface area contributed by atoms with E-state index in [-0.39, 0.29) is 6.04 Å². The van der Waals surface area contributed by atoms with Crippen LogP contribution in [0.5, 0.6) is 5.75 Å². The Labute approximate surface area is 105 Å². The highest BCUT2D eigenvalue weighted by atomic mass is 35.5. The third kappa shape index (κ3) is 3.61. The van der Waals surface area contributed by atoms with Crippen LogP contribution in [-0.4, -0.2) is 17.2 Å². The lowest BCUT2D eigenvalue weighted by atomic mass is 10.1. The van der Waals surface area contributed by atoms with E-state index in [0.29, 0.717) is 17.2 Å². The van der Waals surface area contributed by atoms with E-state index in [4.69, 9.17) is 27.2 Å². The lowest BCUT2D eigenvalue weighted by Crippen LogP contribution is -2.26. The van der Waals surface area contributed by atoms with Crippen LogP contribution in [0.1, 0.15) is 31.9 Å². The number of carboxylic acids is 1. The molecule has 2 atom stereocenters. The third-order valence-electron chi connectivity index (χ3n) is 2.40. The number of hydrogen-bond acceptors (Lipinski definition) is 3. The molecule has 1 rings (SSSR count). The molecule has 0 aliphatic carbocycles. The van der Waals surface area contributed by atoms with Gasteiger partial charge in [-0.15, -0.1) is 0 Å². The zero-order chi connectivity index (χ0) is 13.0. The Kier molecular flexibility index (Phi) is 4.78. The summed E-state index contributed by atoms with van der Waals surface area (Å²) in [5, 5.41) is 9.25. The first-order valence-electron chi connectivity index (χ1n) is 5.40. The maximum atomic E-state index is 10.8. The van der Waals surface area contributed by atoms with Gasteiger partial charge >= 0.3 is 5.97 Å². The summed E-state index contributed by atoms with van der Waals surface area (Å²) in [5.41, 5.74) is 6.60. The molecule has 0 saturated heterocycles. The molecule has 4 nitrogen and oxygen atoms in total. The molecule has 0 aromatic heterocycles. The van der Waals surface area contributed by atoms with Crippen LogP contribution in [0.2, 0.25) is 5.02 Å². The fourth-order valence-electron chi connectivity index (χ4n) is 1.36. The summed E-state index contributed by atoms with van der Waals surface area (Å²) in [5.74, 6) is -0.634. The van der Waals surface area contributed by atoms with Crippen molar-refractivity contribution < 1.29 is 14.6 Å². The minimum absolute atomic E-state index is 0.122. The second-order valence-electron chi connectivity index (χ2n) is 3.83. The normalized spacial score (nSPS) is 14.1. The van der Waals surface area contributed by atoms with Crippen molar-refractivity contribution in [1.82, 2.24) is 0 Å². The molecular weight excluding hydrogens is 242 g/mol. The van der Waals surface area contributed by atoms with Gasteiger partial charge in [0.1, 0.15) is 5.75 Å². The summed E-state index contributed by atoms with van der Waals surface area (Å²) in [4.78, 5) is 10.8. The first-order valence-corrected chi connectivity index (χ1v) is 5.78. The summed E-state index contributed by atoms with van der Waals surface area (Å²) >= 11 is 6.01. The average molecular weight is 258 g/mol. The maximum Gasteiger partial charge on any atom is 0.344 e. The molecule has 0 aliphatic heterocycles. The molecule has 1 aromatic carbocycles.